The van der Waals surface area contributed by atoms with Gasteiger partial charge in [-0.05, 0) is 275 Å². The van der Waals surface area contributed by atoms with Crippen molar-refractivity contribution in [1.82, 2.24) is 0 Å². The summed E-state index contributed by atoms with van der Waals surface area (Å²) in [4.78, 5) is 15.9. The second-order valence-corrected chi connectivity index (χ2v) is 35.8. The van der Waals surface area contributed by atoms with E-state index < -0.39 is 0 Å². The molecule has 0 bridgehead atoms. The van der Waals surface area contributed by atoms with Crippen LogP contribution < -0.4 is 62.2 Å². The normalized spacial score (nSPS) is 20.8. The molecule has 24 rings (SSSR count). The minimum Gasteiger partial charge on any atom is -0.456 e. The highest BCUT2D eigenvalue weighted by Gasteiger charge is 2.63. The number of hydrogen-bond donors (Lipinski definition) is 0. The van der Waals surface area contributed by atoms with Crippen LogP contribution in [0.2, 0.25) is 0 Å². The van der Waals surface area contributed by atoms with Crippen LogP contribution >= 0.6 is 0 Å². The molecule has 2 saturated carbocycles. The van der Waals surface area contributed by atoms with E-state index in [1.54, 1.807) is 0 Å². The van der Waals surface area contributed by atoms with Crippen LogP contribution in [0.5, 0.6) is 0 Å². The fraction of sp³-hybridized carbons (Fsp3) is 0.200. The Balaban J connectivity index is 0.647. The number of para-hydroxylation sites is 6. The number of furan rings is 1. The maximum Gasteiger partial charge on any atom is 0.252 e. The predicted octanol–water partition coefficient (Wildman–Crippen LogP) is 23.8. The minimum atomic E-state index is -0.242. The van der Waals surface area contributed by atoms with Crippen molar-refractivity contribution in [3.8, 4) is 22.3 Å². The molecule has 7 nitrogen and oxygen atoms in total. The van der Waals surface area contributed by atoms with Gasteiger partial charge in [-0.15, -0.1) is 0 Å². The highest BCUT2D eigenvalue weighted by Crippen LogP contribution is 2.65. The van der Waals surface area contributed by atoms with Gasteiger partial charge in [0.2, 0.25) is 0 Å². The quantitative estimate of drug-likeness (QED) is 0.133. The van der Waals surface area contributed by atoms with Gasteiger partial charge < -0.3 is 33.8 Å². The van der Waals surface area contributed by atoms with Gasteiger partial charge in [0.1, 0.15) is 11.2 Å². The Morgan fingerprint density at radius 1 is 0.325 bits per heavy atom. The monoisotopic (exact) mass is 1470 g/mol. The Hall–Kier alpha value is -12.2. The molecule has 15 aromatic rings. The zero-order valence-electron chi connectivity index (χ0n) is 66.1. The Morgan fingerprint density at radius 2 is 0.772 bits per heavy atom. The van der Waals surface area contributed by atoms with E-state index in [-0.39, 0.29) is 40.7 Å². The molecule has 2 fully saturated rings. The van der Waals surface area contributed by atoms with Gasteiger partial charge in [-0.25, -0.2) is 0 Å². The minimum absolute atomic E-state index is 0.00744. The van der Waals surface area contributed by atoms with Crippen molar-refractivity contribution in [2.45, 2.75) is 134 Å². The molecule has 7 heterocycles. The van der Waals surface area contributed by atoms with E-state index in [1.807, 2.05) is 0 Å². The molecule has 550 valence electrons. The Bertz CT molecular complexity index is 6610. The number of benzene rings is 14. The molecule has 9 heteroatoms. The zero-order chi connectivity index (χ0) is 76.2. The molecule has 4 unspecified atom stereocenters. The predicted molar refractivity (Wildman–Crippen MR) is 480 cm³/mol. The lowest BCUT2D eigenvalue weighted by atomic mass is 9.33. The number of hydrogen-bond acceptors (Lipinski definition) is 7. The molecule has 3 aliphatic carbocycles. The fourth-order valence-electron chi connectivity index (χ4n) is 24.1. The largest absolute Gasteiger partial charge is 0.456 e. The summed E-state index contributed by atoms with van der Waals surface area (Å²) in [5.41, 5.74) is 42.3. The molecule has 9 aliphatic rings. The van der Waals surface area contributed by atoms with Crippen molar-refractivity contribution in [1.29, 1.82) is 0 Å². The third-order valence-corrected chi connectivity index (χ3v) is 29.7. The molecule has 0 N–H and O–H groups in total. The van der Waals surface area contributed by atoms with Gasteiger partial charge in [0, 0.05) is 107 Å². The van der Waals surface area contributed by atoms with Crippen LogP contribution in [0.4, 0.5) is 91.0 Å². The molecule has 4 atom stereocenters. The van der Waals surface area contributed by atoms with Gasteiger partial charge >= 0.3 is 0 Å². The molecule has 6 aliphatic heterocycles. The fourth-order valence-corrected chi connectivity index (χ4v) is 24.1. The number of fused-ring (bicyclic) bond motifs is 20. The van der Waals surface area contributed by atoms with Crippen molar-refractivity contribution in [3.63, 3.8) is 0 Å². The summed E-state index contributed by atoms with van der Waals surface area (Å²) >= 11 is 0. The van der Waals surface area contributed by atoms with Crippen LogP contribution in [0.1, 0.15) is 126 Å². The lowest BCUT2D eigenvalue weighted by molar-refractivity contribution is 0.195. The van der Waals surface area contributed by atoms with E-state index in [4.69, 9.17) is 4.42 Å². The van der Waals surface area contributed by atoms with Crippen LogP contribution in [0, 0.1) is 13.8 Å². The summed E-state index contributed by atoms with van der Waals surface area (Å²) in [5, 5.41) is 2.24. The summed E-state index contributed by atoms with van der Waals surface area (Å²) in [6, 6.07) is 112. The van der Waals surface area contributed by atoms with Gasteiger partial charge in [0.05, 0.1) is 22.2 Å². The van der Waals surface area contributed by atoms with Crippen molar-refractivity contribution >= 4 is 159 Å². The molecular formula is C105H88B2N6O. The molecule has 14 aromatic carbocycles. The highest BCUT2D eigenvalue weighted by molar-refractivity contribution is 7.01. The van der Waals surface area contributed by atoms with Gasteiger partial charge in [0.25, 0.3) is 13.4 Å². The van der Waals surface area contributed by atoms with Crippen LogP contribution in [0.15, 0.2) is 296 Å². The number of aryl methyl sites for hydroxylation is 2. The van der Waals surface area contributed by atoms with Crippen molar-refractivity contribution < 1.29 is 4.42 Å². The van der Waals surface area contributed by atoms with E-state index in [0.29, 0.717) is 0 Å². The summed E-state index contributed by atoms with van der Waals surface area (Å²) < 4.78 is 6.78. The average molecular weight is 1470 g/mol. The molecule has 114 heavy (non-hydrogen) atoms. The summed E-state index contributed by atoms with van der Waals surface area (Å²) in [6.07, 6.45) is 9.66. The number of nitrogens with zero attached hydrogens (tertiary/aromatic N) is 6. The first kappa shape index (κ1) is 66.4. The van der Waals surface area contributed by atoms with E-state index in [0.717, 1.165) is 80.3 Å². The van der Waals surface area contributed by atoms with Crippen LogP contribution in [-0.2, 0) is 16.2 Å². The maximum atomic E-state index is 6.78. The summed E-state index contributed by atoms with van der Waals surface area (Å²) in [6.45, 7) is 19.9. The first-order valence-corrected chi connectivity index (χ1v) is 41.7. The van der Waals surface area contributed by atoms with E-state index in [2.05, 4.69) is 376 Å². The molecule has 0 saturated heterocycles. The first-order chi connectivity index (χ1) is 55.6. The molecule has 0 amide bonds. The summed E-state index contributed by atoms with van der Waals surface area (Å²) in [7, 11) is 0. The van der Waals surface area contributed by atoms with Gasteiger partial charge in [0.15, 0.2) is 0 Å². The maximum absolute atomic E-state index is 6.78. The Kier molecular flexibility index (Phi) is 13.7. The van der Waals surface area contributed by atoms with E-state index in [1.165, 1.54) is 172 Å². The Morgan fingerprint density at radius 3 is 1.33 bits per heavy atom. The second kappa shape index (κ2) is 23.5. The lowest BCUT2D eigenvalue weighted by Crippen LogP contribution is -2.64. The number of rotatable bonds is 9. The van der Waals surface area contributed by atoms with Gasteiger partial charge in [-0.3, -0.25) is 0 Å². The number of anilines is 16. The van der Waals surface area contributed by atoms with E-state index in [9.17, 15) is 0 Å². The first-order valence-electron chi connectivity index (χ1n) is 41.7. The van der Waals surface area contributed by atoms with E-state index >= 15 is 0 Å². The second-order valence-electron chi connectivity index (χ2n) is 35.8. The van der Waals surface area contributed by atoms with Crippen LogP contribution in [0.25, 0.3) is 44.2 Å². The standard InChI is InChI=1S/C105H88B2N6O/c1-65-57-90-97-92(59-65)112-99-81(102(5)53-20-22-55-104(102,112)7)34-24-36-85(99)106(97)83-51-47-74(108(69-27-12-9-13-28-69)70-29-14-10-15-30-70)63-88(83)110(90)73-46-50-80-78(62-73)77-61-68(43-49-79(77)101(80,3)4)67-41-44-72(45-42-67)109(71-31-16-11-17-32-71)75-48-52-84-89(64-75)111(87-38-26-40-95-96(87)76-33-18-19-39-94(76)114-95)91-58-66(2)60-93-98(91)107(84)86-37-25-35-82-100(86)113(93)105(8)56-23-21-54-103(82,105)6/h9-19,24-52,57-64H,20-23,53-56H2,1-8H3. The third kappa shape index (κ3) is 8.69. The van der Waals surface area contributed by atoms with Crippen LogP contribution in [0.3, 0.4) is 0 Å². The van der Waals surface area contributed by atoms with Gasteiger partial charge in [-0.1, -0.05) is 211 Å². The average Bonchev–Trinajstić information content (AvgIpc) is 1.48. The lowest BCUT2D eigenvalue weighted by Gasteiger charge is -2.53. The van der Waals surface area contributed by atoms with Crippen molar-refractivity contribution in [2.75, 3.05) is 29.4 Å². The topological polar surface area (TPSA) is 32.6 Å². The highest BCUT2D eigenvalue weighted by atomic mass is 16.3. The molecule has 0 radical (unpaired) electrons. The SMILES string of the molecule is Cc1cc2c3c(c1)N1c4c(cccc4C4(C)CCCCC14C)B3c1ccc(N(c3ccccc3)c3ccccc3)cc1N2c1ccc2c(c1)-c1cc(-c3ccc(N(c4ccccc4)c4ccc5c(c4)N(c4cccc6oc7ccccc7c46)c4cc(C)cc6c4B5c4cccc5c4N6C4(C)CCCCC54C)cc3)ccc1C2(C)C. The smallest absolute Gasteiger partial charge is 0.252 e. The third-order valence-electron chi connectivity index (χ3n) is 29.7. The van der Waals surface area contributed by atoms with Gasteiger partial charge in [-0.2, -0.15) is 0 Å². The zero-order valence-corrected chi connectivity index (χ0v) is 66.1. The summed E-state index contributed by atoms with van der Waals surface area (Å²) in [5.74, 6) is 0. The molecule has 0 spiro atoms. The van der Waals surface area contributed by atoms with Crippen molar-refractivity contribution in [3.05, 3.63) is 325 Å². The van der Waals surface area contributed by atoms with Crippen LogP contribution in [-0.4, -0.2) is 24.5 Å². The molecule has 1 aromatic heterocycles. The molecular weight excluding hydrogens is 1380 g/mol. The Labute approximate surface area is 669 Å². The van der Waals surface area contributed by atoms with Crippen molar-refractivity contribution in [2.24, 2.45) is 0 Å².